The van der Waals surface area contributed by atoms with Gasteiger partial charge in [-0.3, -0.25) is 9.59 Å². The van der Waals surface area contributed by atoms with Crippen molar-refractivity contribution in [2.45, 2.75) is 25.8 Å². The summed E-state index contributed by atoms with van der Waals surface area (Å²) in [6, 6.07) is 7.94. The highest BCUT2D eigenvalue weighted by molar-refractivity contribution is 5.85. The van der Waals surface area contributed by atoms with E-state index in [0.717, 1.165) is 17.7 Å². The fourth-order valence-corrected chi connectivity index (χ4v) is 2.80. The van der Waals surface area contributed by atoms with Gasteiger partial charge in [-0.2, -0.15) is 0 Å². The lowest BCUT2D eigenvalue weighted by molar-refractivity contribution is -0.146. The first-order valence-electron chi connectivity index (χ1n) is 7.26. The highest BCUT2D eigenvalue weighted by Crippen LogP contribution is 2.32. The first kappa shape index (κ1) is 15.4. The molecule has 1 amide bonds. The number of hydrogen-bond acceptors (Lipinski definition) is 3. The SMILES string of the molecule is CN(C)c1ccc(CNC(=O)[C@@H]2CCC[C@@H]2C(=O)O)cc1. The standard InChI is InChI=1S/C16H22N2O3/c1-18(2)12-8-6-11(7-9-12)10-17-15(19)13-4-3-5-14(13)16(20)21/h6-9,13-14H,3-5,10H2,1-2H3,(H,17,19)(H,20,21)/t13-,14+/m1/s1. The maximum atomic E-state index is 12.1. The van der Waals surface area contributed by atoms with Crippen molar-refractivity contribution in [1.29, 1.82) is 0 Å². The van der Waals surface area contributed by atoms with E-state index in [1.54, 1.807) is 0 Å². The van der Waals surface area contributed by atoms with Crippen molar-refractivity contribution in [1.82, 2.24) is 5.32 Å². The summed E-state index contributed by atoms with van der Waals surface area (Å²) in [6.07, 6.45) is 2.08. The van der Waals surface area contributed by atoms with Gasteiger partial charge in [0.2, 0.25) is 5.91 Å². The molecule has 0 heterocycles. The third kappa shape index (κ3) is 3.74. The van der Waals surface area contributed by atoms with Crippen LogP contribution in [0.2, 0.25) is 0 Å². The smallest absolute Gasteiger partial charge is 0.307 e. The van der Waals surface area contributed by atoms with Crippen LogP contribution in [0.4, 0.5) is 5.69 Å². The van der Waals surface area contributed by atoms with E-state index in [0.29, 0.717) is 19.4 Å². The van der Waals surface area contributed by atoms with Crippen molar-refractivity contribution < 1.29 is 14.7 Å². The zero-order chi connectivity index (χ0) is 15.4. The molecular formula is C16H22N2O3. The van der Waals surface area contributed by atoms with E-state index < -0.39 is 11.9 Å². The Morgan fingerprint density at radius 3 is 2.38 bits per heavy atom. The quantitative estimate of drug-likeness (QED) is 0.868. The maximum Gasteiger partial charge on any atom is 0.307 e. The number of amides is 1. The van der Waals surface area contributed by atoms with E-state index >= 15 is 0 Å². The van der Waals surface area contributed by atoms with Gasteiger partial charge in [0.15, 0.2) is 0 Å². The third-order valence-electron chi connectivity index (χ3n) is 4.09. The second-order valence-electron chi connectivity index (χ2n) is 5.76. The topological polar surface area (TPSA) is 69.6 Å². The lowest BCUT2D eigenvalue weighted by Crippen LogP contribution is -2.34. The average molecular weight is 290 g/mol. The van der Waals surface area contributed by atoms with Crippen molar-refractivity contribution in [3.8, 4) is 0 Å². The highest BCUT2D eigenvalue weighted by atomic mass is 16.4. The largest absolute Gasteiger partial charge is 0.481 e. The summed E-state index contributed by atoms with van der Waals surface area (Å²) in [6.45, 7) is 0.440. The number of hydrogen-bond donors (Lipinski definition) is 2. The number of aliphatic carboxylic acids is 1. The van der Waals surface area contributed by atoms with Crippen LogP contribution in [-0.4, -0.2) is 31.1 Å². The Hall–Kier alpha value is -2.04. The number of benzene rings is 1. The monoisotopic (exact) mass is 290 g/mol. The van der Waals surface area contributed by atoms with Crippen LogP contribution in [0.5, 0.6) is 0 Å². The summed E-state index contributed by atoms with van der Waals surface area (Å²) in [7, 11) is 3.95. The van der Waals surface area contributed by atoms with Crippen LogP contribution in [0.3, 0.4) is 0 Å². The second-order valence-corrected chi connectivity index (χ2v) is 5.76. The van der Waals surface area contributed by atoms with Crippen LogP contribution < -0.4 is 10.2 Å². The predicted molar refractivity (Wildman–Crippen MR) is 81.1 cm³/mol. The van der Waals surface area contributed by atoms with Gasteiger partial charge in [-0.05, 0) is 30.5 Å². The number of carboxylic acid groups (broad SMARTS) is 1. The average Bonchev–Trinajstić information content (AvgIpc) is 2.95. The summed E-state index contributed by atoms with van der Waals surface area (Å²) in [5.41, 5.74) is 2.12. The molecule has 0 unspecified atom stereocenters. The van der Waals surface area contributed by atoms with Gasteiger partial charge in [-0.1, -0.05) is 18.6 Å². The van der Waals surface area contributed by atoms with Crippen LogP contribution in [0, 0.1) is 11.8 Å². The molecule has 0 spiro atoms. The van der Waals surface area contributed by atoms with E-state index in [9.17, 15) is 9.59 Å². The van der Waals surface area contributed by atoms with Crippen LogP contribution >= 0.6 is 0 Å². The minimum Gasteiger partial charge on any atom is -0.481 e. The second kappa shape index (κ2) is 6.61. The van der Waals surface area contributed by atoms with Gasteiger partial charge >= 0.3 is 5.97 Å². The molecule has 21 heavy (non-hydrogen) atoms. The molecule has 1 aliphatic rings. The van der Waals surface area contributed by atoms with Gasteiger partial charge in [0.05, 0.1) is 11.8 Å². The zero-order valence-electron chi connectivity index (χ0n) is 12.5. The number of carbonyl (C=O) groups excluding carboxylic acids is 1. The molecule has 0 saturated heterocycles. The van der Waals surface area contributed by atoms with Gasteiger partial charge in [-0.25, -0.2) is 0 Å². The Balaban J connectivity index is 1.90. The molecule has 2 atom stereocenters. The van der Waals surface area contributed by atoms with Crippen molar-refractivity contribution in [2.24, 2.45) is 11.8 Å². The van der Waals surface area contributed by atoms with Crippen LogP contribution in [0.15, 0.2) is 24.3 Å². The number of nitrogens with zero attached hydrogens (tertiary/aromatic N) is 1. The zero-order valence-corrected chi connectivity index (χ0v) is 12.5. The normalized spacial score (nSPS) is 21.0. The molecule has 2 rings (SSSR count). The van der Waals surface area contributed by atoms with Gasteiger partial charge in [0, 0.05) is 26.3 Å². The molecule has 1 fully saturated rings. The molecule has 1 aliphatic carbocycles. The first-order chi connectivity index (χ1) is 9.99. The molecule has 1 aromatic carbocycles. The molecule has 0 bridgehead atoms. The number of carboxylic acids is 1. The molecule has 0 aliphatic heterocycles. The number of nitrogens with one attached hydrogen (secondary N) is 1. The van der Waals surface area contributed by atoms with E-state index in [2.05, 4.69) is 5.32 Å². The Morgan fingerprint density at radius 2 is 1.81 bits per heavy atom. The Labute approximate surface area is 125 Å². The van der Waals surface area contributed by atoms with Crippen molar-refractivity contribution in [3.63, 3.8) is 0 Å². The molecule has 0 radical (unpaired) electrons. The molecule has 0 aromatic heterocycles. The van der Waals surface area contributed by atoms with Crippen LogP contribution in [0.25, 0.3) is 0 Å². The number of rotatable bonds is 5. The highest BCUT2D eigenvalue weighted by Gasteiger charge is 2.37. The fourth-order valence-electron chi connectivity index (χ4n) is 2.80. The molecule has 1 saturated carbocycles. The Morgan fingerprint density at radius 1 is 1.19 bits per heavy atom. The van der Waals surface area contributed by atoms with E-state index in [1.165, 1.54) is 0 Å². The first-order valence-corrected chi connectivity index (χ1v) is 7.26. The number of anilines is 1. The van der Waals surface area contributed by atoms with Crippen molar-refractivity contribution in [3.05, 3.63) is 29.8 Å². The molecule has 5 nitrogen and oxygen atoms in total. The van der Waals surface area contributed by atoms with Gasteiger partial charge in [-0.15, -0.1) is 0 Å². The van der Waals surface area contributed by atoms with Gasteiger partial charge in [0.1, 0.15) is 0 Å². The minimum absolute atomic E-state index is 0.142. The lowest BCUT2D eigenvalue weighted by atomic mass is 9.95. The molecule has 2 N–H and O–H groups in total. The minimum atomic E-state index is -0.858. The molecule has 114 valence electrons. The Kier molecular flexibility index (Phi) is 4.83. The van der Waals surface area contributed by atoms with Crippen molar-refractivity contribution in [2.75, 3.05) is 19.0 Å². The third-order valence-corrected chi connectivity index (χ3v) is 4.09. The molecule has 5 heteroatoms. The summed E-state index contributed by atoms with van der Waals surface area (Å²) < 4.78 is 0. The van der Waals surface area contributed by atoms with Crippen LogP contribution in [-0.2, 0) is 16.1 Å². The lowest BCUT2D eigenvalue weighted by Gasteiger charge is -2.16. The summed E-state index contributed by atoms with van der Waals surface area (Å²) >= 11 is 0. The molecule has 1 aromatic rings. The van der Waals surface area contributed by atoms with E-state index in [4.69, 9.17) is 5.11 Å². The summed E-state index contributed by atoms with van der Waals surface area (Å²) in [5.74, 6) is -1.91. The summed E-state index contributed by atoms with van der Waals surface area (Å²) in [4.78, 5) is 25.2. The van der Waals surface area contributed by atoms with Gasteiger partial charge in [0.25, 0.3) is 0 Å². The van der Waals surface area contributed by atoms with E-state index in [1.807, 2.05) is 43.3 Å². The van der Waals surface area contributed by atoms with E-state index in [-0.39, 0.29) is 11.8 Å². The number of carbonyl (C=O) groups is 2. The Bertz CT molecular complexity index is 511. The van der Waals surface area contributed by atoms with Gasteiger partial charge < -0.3 is 15.3 Å². The van der Waals surface area contributed by atoms with Crippen molar-refractivity contribution >= 4 is 17.6 Å². The fraction of sp³-hybridized carbons (Fsp3) is 0.500. The summed E-state index contributed by atoms with van der Waals surface area (Å²) in [5, 5.41) is 12.0. The van der Waals surface area contributed by atoms with Crippen LogP contribution in [0.1, 0.15) is 24.8 Å². The maximum absolute atomic E-state index is 12.1. The molecular weight excluding hydrogens is 268 g/mol. The predicted octanol–water partition coefficient (Wildman–Crippen LogP) is 1.87.